The summed E-state index contributed by atoms with van der Waals surface area (Å²) in [6.45, 7) is 11.5. The zero-order valence-electron chi connectivity index (χ0n) is 26.6. The van der Waals surface area contributed by atoms with E-state index in [0.717, 1.165) is 24.8 Å². The molecule has 0 spiro atoms. The second-order valence-electron chi connectivity index (χ2n) is 9.15. The average molecular weight is 600 g/mol. The van der Waals surface area contributed by atoms with Gasteiger partial charge in [-0.2, -0.15) is 0 Å². The summed E-state index contributed by atoms with van der Waals surface area (Å²) >= 11 is 0. The molecule has 4 N–H and O–H groups in total. The third-order valence-electron chi connectivity index (χ3n) is 5.51. The van der Waals surface area contributed by atoms with Gasteiger partial charge < -0.3 is 35.6 Å². The maximum absolute atomic E-state index is 12.4. The molecule has 0 bridgehead atoms. The second kappa shape index (κ2) is 23.3. The Morgan fingerprint density at radius 1 is 1.12 bits per heavy atom. The van der Waals surface area contributed by atoms with E-state index in [2.05, 4.69) is 38.2 Å². The maximum atomic E-state index is 12.4. The van der Waals surface area contributed by atoms with Crippen LogP contribution in [0.25, 0.3) is 6.20 Å². The molecule has 1 saturated carbocycles. The Kier molecular flexibility index (Phi) is 20.9. The molecule has 12 nitrogen and oxygen atoms in total. The van der Waals surface area contributed by atoms with Crippen molar-refractivity contribution in [3.8, 4) is 5.75 Å². The van der Waals surface area contributed by atoms with Gasteiger partial charge in [0.05, 0.1) is 12.3 Å². The van der Waals surface area contributed by atoms with Gasteiger partial charge in [0.15, 0.2) is 5.69 Å². The largest absolute Gasteiger partial charge is 0.494 e. The number of rotatable bonds is 13. The molecule has 1 aromatic heterocycles. The summed E-state index contributed by atoms with van der Waals surface area (Å²) in [7, 11) is 5.23. The van der Waals surface area contributed by atoms with E-state index in [1.54, 1.807) is 48.1 Å². The number of hydrogen-bond acceptors (Lipinski definition) is 8. The van der Waals surface area contributed by atoms with Crippen molar-refractivity contribution < 1.29 is 23.9 Å². The third-order valence-corrected chi connectivity index (χ3v) is 5.51. The Morgan fingerprint density at radius 2 is 1.74 bits per heavy atom. The molecule has 43 heavy (non-hydrogen) atoms. The van der Waals surface area contributed by atoms with Crippen molar-refractivity contribution in [2.24, 2.45) is 5.92 Å². The fourth-order valence-electron chi connectivity index (χ4n) is 3.13. The van der Waals surface area contributed by atoms with Crippen LogP contribution in [0.3, 0.4) is 0 Å². The zero-order chi connectivity index (χ0) is 32.6. The highest BCUT2D eigenvalue weighted by Gasteiger charge is 2.27. The monoisotopic (exact) mass is 599 g/mol. The number of urea groups is 1. The van der Waals surface area contributed by atoms with Crippen LogP contribution in [-0.4, -0.2) is 73.3 Å². The summed E-state index contributed by atoms with van der Waals surface area (Å²) in [5.41, 5.74) is 1.75. The summed E-state index contributed by atoms with van der Waals surface area (Å²) in [4.78, 5) is 44.8. The van der Waals surface area contributed by atoms with Crippen molar-refractivity contribution >= 4 is 30.7 Å². The van der Waals surface area contributed by atoms with Crippen molar-refractivity contribution in [1.82, 2.24) is 36.3 Å². The molecule has 0 radical (unpaired) electrons. The topological polar surface area (TPSA) is 156 Å². The number of ether oxygens (including phenoxy) is 1. The molecule has 2 unspecified atom stereocenters. The molecule has 1 fully saturated rings. The number of hydrogen-bond donors (Lipinski definition) is 4. The molecule has 1 aromatic carbocycles. The summed E-state index contributed by atoms with van der Waals surface area (Å²) in [5.74, 6) is 0.472. The van der Waals surface area contributed by atoms with Crippen molar-refractivity contribution in [1.29, 1.82) is 0 Å². The van der Waals surface area contributed by atoms with Gasteiger partial charge in [0.2, 0.25) is 0 Å². The maximum Gasteiger partial charge on any atom is 0.315 e. The van der Waals surface area contributed by atoms with Gasteiger partial charge in [0, 0.05) is 25.2 Å². The fourth-order valence-corrected chi connectivity index (χ4v) is 3.13. The number of amides is 3. The molecule has 0 saturated heterocycles. The van der Waals surface area contributed by atoms with Gasteiger partial charge in [0.1, 0.15) is 24.4 Å². The van der Waals surface area contributed by atoms with Crippen LogP contribution >= 0.6 is 0 Å². The first-order valence-corrected chi connectivity index (χ1v) is 14.5. The van der Waals surface area contributed by atoms with Crippen molar-refractivity contribution in [2.45, 2.75) is 65.5 Å². The van der Waals surface area contributed by atoms with Gasteiger partial charge in [0.25, 0.3) is 5.91 Å². The molecule has 1 aliphatic rings. The Labute approximate surface area is 255 Å². The summed E-state index contributed by atoms with van der Waals surface area (Å²) < 4.78 is 7.41. The van der Waals surface area contributed by atoms with Gasteiger partial charge in [-0.3, -0.25) is 4.79 Å². The van der Waals surface area contributed by atoms with E-state index < -0.39 is 12.1 Å². The SMILES string of the molecule is C/C=C/n1nnc(C(=O)NC2CC2)c1CCCOc1ccc(C(C=O)NC(=O)NC)cc1.C=CC(C)C=O.CC.CNC. The highest BCUT2D eigenvalue weighted by atomic mass is 16.5. The standard InChI is InChI=1S/C22H28N6O4.C5H8O.C2H7N.C2H6/c1-3-12-28-19(20(26-27-28)21(30)24-16-8-9-16)5-4-13-32-17-10-6-15(7-11-17)18(14-29)25-22(31)23-2;1-3-5(2)4-6;1-3-2;1-2/h3,6-7,10-12,14,16,18H,4-5,8-9,13H2,1-2H3,(H,24,30)(H2,23,25,31);3-5H,1H2,2H3;3H,1-2H3;1-2H3/b12-3+;;;. The van der Waals surface area contributed by atoms with Crippen LogP contribution in [0.15, 0.2) is 43.0 Å². The minimum Gasteiger partial charge on any atom is -0.494 e. The Bertz CT molecular complexity index is 1120. The van der Waals surface area contributed by atoms with Crippen LogP contribution in [0.5, 0.6) is 5.75 Å². The number of carbonyl (C=O) groups excluding carboxylic acids is 4. The van der Waals surface area contributed by atoms with Crippen LogP contribution < -0.4 is 26.0 Å². The molecular weight excluding hydrogens is 550 g/mol. The Balaban J connectivity index is 0.00000139. The number of allylic oxidation sites excluding steroid dienone is 2. The molecule has 0 aliphatic heterocycles. The van der Waals surface area contributed by atoms with Crippen LogP contribution in [0.2, 0.25) is 0 Å². The third kappa shape index (κ3) is 15.5. The van der Waals surface area contributed by atoms with Crippen LogP contribution in [0.1, 0.15) is 74.7 Å². The van der Waals surface area contributed by atoms with E-state index in [1.807, 2.05) is 40.9 Å². The van der Waals surface area contributed by atoms with Crippen LogP contribution in [-0.2, 0) is 16.0 Å². The van der Waals surface area contributed by atoms with Crippen LogP contribution in [0, 0.1) is 5.92 Å². The summed E-state index contributed by atoms with van der Waals surface area (Å²) in [6.07, 6.45) is 9.98. The molecule has 12 heteroatoms. The van der Waals surface area contributed by atoms with Crippen molar-refractivity contribution in [2.75, 3.05) is 27.7 Å². The lowest BCUT2D eigenvalue weighted by Gasteiger charge is -2.13. The first-order chi connectivity index (χ1) is 20.8. The first kappa shape index (κ1) is 38.7. The minimum atomic E-state index is -0.733. The number of aldehydes is 2. The van der Waals surface area contributed by atoms with E-state index in [-0.39, 0.29) is 17.9 Å². The molecule has 1 aliphatic carbocycles. The number of carbonyl (C=O) groups is 4. The predicted octanol–water partition coefficient (Wildman–Crippen LogP) is 3.71. The van der Waals surface area contributed by atoms with Gasteiger partial charge in [-0.15, -0.1) is 11.7 Å². The van der Waals surface area contributed by atoms with Crippen molar-refractivity contribution in [3.63, 3.8) is 0 Å². The summed E-state index contributed by atoms with van der Waals surface area (Å²) in [6, 6.07) is 6.04. The minimum absolute atomic E-state index is 0.0185. The first-order valence-electron chi connectivity index (χ1n) is 14.5. The average Bonchev–Trinajstić information content (AvgIpc) is 3.76. The Morgan fingerprint density at radius 3 is 2.21 bits per heavy atom. The highest BCUT2D eigenvalue weighted by molar-refractivity contribution is 5.93. The highest BCUT2D eigenvalue weighted by Crippen LogP contribution is 2.20. The number of aromatic nitrogens is 3. The lowest BCUT2D eigenvalue weighted by molar-refractivity contribution is -0.110. The molecule has 3 amide bonds. The van der Waals surface area contributed by atoms with Gasteiger partial charge in [-0.1, -0.05) is 50.3 Å². The summed E-state index contributed by atoms with van der Waals surface area (Å²) in [5, 5.41) is 18.8. The fraction of sp³-hybridized carbons (Fsp3) is 0.484. The Hall–Kier alpha value is -4.32. The molecule has 1 heterocycles. The number of nitrogens with zero attached hydrogens (tertiary/aromatic N) is 3. The lowest BCUT2D eigenvalue weighted by Crippen LogP contribution is -2.36. The quantitative estimate of drug-likeness (QED) is 0.154. The van der Waals surface area contributed by atoms with E-state index >= 15 is 0 Å². The molecule has 2 atom stereocenters. The number of benzene rings is 1. The normalized spacial score (nSPS) is 12.8. The van der Waals surface area contributed by atoms with Crippen LogP contribution in [0.4, 0.5) is 4.79 Å². The van der Waals surface area contributed by atoms with Crippen molar-refractivity contribution in [3.05, 3.63) is 59.9 Å². The van der Waals surface area contributed by atoms with Gasteiger partial charge in [-0.05, 0) is 64.4 Å². The van der Waals surface area contributed by atoms with E-state index in [0.29, 0.717) is 42.7 Å². The molecule has 3 rings (SSSR count). The lowest BCUT2D eigenvalue weighted by atomic mass is 10.1. The predicted molar refractivity (Wildman–Crippen MR) is 170 cm³/mol. The molecule has 238 valence electrons. The van der Waals surface area contributed by atoms with Gasteiger partial charge >= 0.3 is 6.03 Å². The zero-order valence-corrected chi connectivity index (χ0v) is 26.6. The number of nitrogens with one attached hydrogen (secondary N) is 4. The molecular formula is C31H49N7O5. The van der Waals surface area contributed by atoms with Gasteiger partial charge in [-0.25, -0.2) is 9.48 Å². The second-order valence-corrected chi connectivity index (χ2v) is 9.15. The molecule has 2 aromatic rings. The van der Waals surface area contributed by atoms with E-state index in [9.17, 15) is 19.2 Å². The van der Waals surface area contributed by atoms with E-state index in [1.165, 1.54) is 7.05 Å². The smallest absolute Gasteiger partial charge is 0.315 e. The van der Waals surface area contributed by atoms with E-state index in [4.69, 9.17) is 4.74 Å².